The molecule has 0 saturated carbocycles. The van der Waals surface area contributed by atoms with Crippen molar-refractivity contribution < 1.29 is 14.6 Å². The molecule has 1 unspecified atom stereocenters. The lowest BCUT2D eigenvalue weighted by atomic mass is 9.92. The van der Waals surface area contributed by atoms with Crippen LogP contribution < -0.4 is 4.74 Å². The Morgan fingerprint density at radius 1 is 1.15 bits per heavy atom. The van der Waals surface area contributed by atoms with Crippen molar-refractivity contribution in [2.45, 2.75) is 26.2 Å². The lowest BCUT2D eigenvalue weighted by Crippen LogP contribution is -2.28. The van der Waals surface area contributed by atoms with Gasteiger partial charge in [0.15, 0.2) is 0 Å². The number of carboxylic acid groups (broad SMARTS) is 1. The molecule has 1 N–H and O–H groups in total. The third-order valence-corrected chi connectivity index (χ3v) is 4.74. The molecule has 2 rings (SSSR count). The van der Waals surface area contributed by atoms with E-state index in [0.29, 0.717) is 23.8 Å². The molecule has 26 heavy (non-hydrogen) atoms. The third kappa shape index (κ3) is 5.75. The number of carboxylic acids is 1. The SMILES string of the molecule is CCN(CC)CCOc1ccc(Cl)cc1CC(C(=O)O)c1ccccc1. The average Bonchev–Trinajstić information content (AvgIpc) is 2.65. The van der Waals surface area contributed by atoms with Gasteiger partial charge in [0.1, 0.15) is 12.4 Å². The van der Waals surface area contributed by atoms with E-state index in [1.54, 1.807) is 12.1 Å². The minimum Gasteiger partial charge on any atom is -0.492 e. The van der Waals surface area contributed by atoms with E-state index >= 15 is 0 Å². The molecule has 140 valence electrons. The van der Waals surface area contributed by atoms with Gasteiger partial charge in [-0.3, -0.25) is 4.79 Å². The van der Waals surface area contributed by atoms with Crippen molar-refractivity contribution in [2.75, 3.05) is 26.2 Å². The predicted molar refractivity (Wildman–Crippen MR) is 105 cm³/mol. The number of nitrogens with zero attached hydrogens (tertiary/aromatic N) is 1. The van der Waals surface area contributed by atoms with Crippen LogP contribution >= 0.6 is 11.6 Å². The summed E-state index contributed by atoms with van der Waals surface area (Å²) in [6.07, 6.45) is 0.334. The largest absolute Gasteiger partial charge is 0.492 e. The van der Waals surface area contributed by atoms with Crippen LogP contribution in [-0.4, -0.2) is 42.2 Å². The summed E-state index contributed by atoms with van der Waals surface area (Å²) in [5.74, 6) is -0.797. The molecule has 0 aromatic heterocycles. The molecular weight excluding hydrogens is 350 g/mol. The van der Waals surface area contributed by atoms with Crippen LogP contribution in [0, 0.1) is 0 Å². The van der Waals surface area contributed by atoms with E-state index in [4.69, 9.17) is 16.3 Å². The minimum absolute atomic E-state index is 0.334. The van der Waals surface area contributed by atoms with E-state index in [9.17, 15) is 9.90 Å². The number of aliphatic carboxylic acids is 1. The molecule has 0 aliphatic rings. The zero-order valence-electron chi connectivity index (χ0n) is 15.3. The maximum atomic E-state index is 11.8. The highest BCUT2D eigenvalue weighted by atomic mass is 35.5. The summed E-state index contributed by atoms with van der Waals surface area (Å²) in [5, 5.41) is 10.3. The highest BCUT2D eigenvalue weighted by Crippen LogP contribution is 2.29. The second kappa shape index (κ2) is 10.2. The van der Waals surface area contributed by atoms with Crippen molar-refractivity contribution in [3.8, 4) is 5.75 Å². The number of benzene rings is 2. The highest BCUT2D eigenvalue weighted by Gasteiger charge is 2.22. The van der Waals surface area contributed by atoms with Gasteiger partial charge in [0, 0.05) is 11.6 Å². The molecule has 0 aliphatic heterocycles. The number of hydrogen-bond donors (Lipinski definition) is 1. The molecule has 0 heterocycles. The molecule has 0 saturated heterocycles. The van der Waals surface area contributed by atoms with Crippen LogP contribution in [0.2, 0.25) is 5.02 Å². The lowest BCUT2D eigenvalue weighted by molar-refractivity contribution is -0.138. The van der Waals surface area contributed by atoms with Crippen molar-refractivity contribution in [3.05, 3.63) is 64.7 Å². The fourth-order valence-electron chi connectivity index (χ4n) is 2.93. The highest BCUT2D eigenvalue weighted by molar-refractivity contribution is 6.30. The molecule has 0 spiro atoms. The molecule has 2 aromatic carbocycles. The molecular formula is C21H26ClNO3. The van der Waals surface area contributed by atoms with Crippen molar-refractivity contribution in [2.24, 2.45) is 0 Å². The van der Waals surface area contributed by atoms with E-state index < -0.39 is 11.9 Å². The van der Waals surface area contributed by atoms with Gasteiger partial charge in [-0.1, -0.05) is 55.8 Å². The number of ether oxygens (including phenoxy) is 1. The zero-order chi connectivity index (χ0) is 18.9. The summed E-state index contributed by atoms with van der Waals surface area (Å²) in [4.78, 5) is 14.1. The van der Waals surface area contributed by atoms with Crippen LogP contribution in [0.1, 0.15) is 30.9 Å². The first-order chi connectivity index (χ1) is 12.5. The van der Waals surface area contributed by atoms with E-state index in [1.807, 2.05) is 36.4 Å². The molecule has 0 aliphatic carbocycles. The molecule has 0 radical (unpaired) electrons. The van der Waals surface area contributed by atoms with Gasteiger partial charge < -0.3 is 14.7 Å². The fraction of sp³-hybridized carbons (Fsp3) is 0.381. The number of likely N-dealkylation sites (N-methyl/N-ethyl adjacent to an activating group) is 1. The Morgan fingerprint density at radius 3 is 2.46 bits per heavy atom. The van der Waals surface area contributed by atoms with E-state index in [0.717, 1.165) is 30.8 Å². The molecule has 0 fully saturated rings. The normalized spacial score (nSPS) is 12.2. The lowest BCUT2D eigenvalue weighted by Gasteiger charge is -2.20. The Morgan fingerprint density at radius 2 is 1.85 bits per heavy atom. The van der Waals surface area contributed by atoms with E-state index in [2.05, 4.69) is 18.7 Å². The molecule has 2 aromatic rings. The molecule has 0 amide bonds. The molecule has 5 heteroatoms. The Balaban J connectivity index is 2.16. The van der Waals surface area contributed by atoms with Gasteiger partial charge in [-0.05, 0) is 48.8 Å². The van der Waals surface area contributed by atoms with E-state index in [1.165, 1.54) is 0 Å². The Labute approximate surface area is 160 Å². The first-order valence-electron chi connectivity index (χ1n) is 8.96. The number of hydrogen-bond acceptors (Lipinski definition) is 3. The maximum Gasteiger partial charge on any atom is 0.311 e. The summed E-state index contributed by atoms with van der Waals surface area (Å²) < 4.78 is 5.95. The quantitative estimate of drug-likeness (QED) is 0.665. The van der Waals surface area contributed by atoms with Crippen LogP contribution in [0.15, 0.2) is 48.5 Å². The fourth-order valence-corrected chi connectivity index (χ4v) is 3.12. The van der Waals surface area contributed by atoms with Gasteiger partial charge in [-0.15, -0.1) is 0 Å². The van der Waals surface area contributed by atoms with Gasteiger partial charge in [-0.2, -0.15) is 0 Å². The Bertz CT molecular complexity index is 702. The smallest absolute Gasteiger partial charge is 0.311 e. The number of rotatable bonds is 10. The Hall–Kier alpha value is -2.04. The maximum absolute atomic E-state index is 11.8. The summed E-state index contributed by atoms with van der Waals surface area (Å²) in [5.41, 5.74) is 1.59. The second-order valence-corrected chi connectivity index (χ2v) is 6.57. The van der Waals surface area contributed by atoms with Crippen molar-refractivity contribution in [1.29, 1.82) is 0 Å². The van der Waals surface area contributed by atoms with E-state index in [-0.39, 0.29) is 0 Å². The van der Waals surface area contributed by atoms with Crippen molar-refractivity contribution in [3.63, 3.8) is 0 Å². The van der Waals surface area contributed by atoms with Gasteiger partial charge in [0.05, 0.1) is 5.92 Å². The molecule has 1 atom stereocenters. The van der Waals surface area contributed by atoms with Crippen LogP contribution in [0.5, 0.6) is 5.75 Å². The third-order valence-electron chi connectivity index (χ3n) is 4.51. The standard InChI is InChI=1S/C21H26ClNO3/c1-3-23(4-2)12-13-26-20-11-10-18(22)14-17(20)15-19(21(24)25)16-8-6-5-7-9-16/h5-11,14,19H,3-4,12-13,15H2,1-2H3,(H,24,25). The topological polar surface area (TPSA) is 49.8 Å². The summed E-state index contributed by atoms with van der Waals surface area (Å²) in [6.45, 7) is 7.57. The molecule has 0 bridgehead atoms. The molecule has 4 nitrogen and oxygen atoms in total. The average molecular weight is 376 g/mol. The predicted octanol–water partition coefficient (Wildman–Crippen LogP) is 4.47. The van der Waals surface area contributed by atoms with Crippen LogP contribution in [0.3, 0.4) is 0 Å². The van der Waals surface area contributed by atoms with Gasteiger partial charge in [0.25, 0.3) is 0 Å². The van der Waals surface area contributed by atoms with Gasteiger partial charge >= 0.3 is 5.97 Å². The Kier molecular flexibility index (Phi) is 7.95. The number of halogens is 1. The number of carbonyl (C=O) groups is 1. The van der Waals surface area contributed by atoms with Crippen LogP contribution in [0.25, 0.3) is 0 Å². The summed E-state index contributed by atoms with van der Waals surface area (Å²) in [6, 6.07) is 14.7. The minimum atomic E-state index is -0.856. The van der Waals surface area contributed by atoms with Crippen LogP contribution in [-0.2, 0) is 11.2 Å². The second-order valence-electron chi connectivity index (χ2n) is 6.13. The van der Waals surface area contributed by atoms with Crippen LogP contribution in [0.4, 0.5) is 0 Å². The summed E-state index contributed by atoms with van der Waals surface area (Å²) >= 11 is 6.14. The first kappa shape index (κ1) is 20.3. The summed E-state index contributed by atoms with van der Waals surface area (Å²) in [7, 11) is 0. The monoisotopic (exact) mass is 375 g/mol. The zero-order valence-corrected chi connectivity index (χ0v) is 16.1. The van der Waals surface area contributed by atoms with Gasteiger partial charge in [0.2, 0.25) is 0 Å². The van der Waals surface area contributed by atoms with Crippen molar-refractivity contribution >= 4 is 17.6 Å². The first-order valence-corrected chi connectivity index (χ1v) is 9.34. The van der Waals surface area contributed by atoms with Gasteiger partial charge in [-0.25, -0.2) is 0 Å². The van der Waals surface area contributed by atoms with Crippen molar-refractivity contribution in [1.82, 2.24) is 4.90 Å².